The van der Waals surface area contributed by atoms with Gasteiger partial charge in [0.15, 0.2) is 0 Å². The first-order chi connectivity index (χ1) is 10.1. The lowest BCUT2D eigenvalue weighted by Gasteiger charge is -2.01. The third kappa shape index (κ3) is 2.74. The van der Waals surface area contributed by atoms with Crippen LogP contribution in [-0.2, 0) is 0 Å². The average Bonchev–Trinajstić information content (AvgIpc) is 3.09. The number of tetrazole rings is 1. The van der Waals surface area contributed by atoms with Crippen molar-refractivity contribution in [2.75, 3.05) is 5.73 Å². The van der Waals surface area contributed by atoms with Crippen LogP contribution in [0, 0.1) is 0 Å². The Labute approximate surface area is 129 Å². The van der Waals surface area contributed by atoms with E-state index in [9.17, 15) is 0 Å². The summed E-state index contributed by atoms with van der Waals surface area (Å²) < 4.78 is 5.63. The normalized spacial score (nSPS) is 11.3. The van der Waals surface area contributed by atoms with Crippen LogP contribution in [0.1, 0.15) is 5.76 Å². The summed E-state index contributed by atoms with van der Waals surface area (Å²) in [6, 6.07) is 8.81. The van der Waals surface area contributed by atoms with Crippen LogP contribution in [0.3, 0.4) is 0 Å². The second kappa shape index (κ2) is 5.55. The van der Waals surface area contributed by atoms with Gasteiger partial charge in [-0.2, -0.15) is 5.10 Å². The highest BCUT2D eigenvalue weighted by atomic mass is 35.5. The highest BCUT2D eigenvalue weighted by molar-refractivity contribution is 6.43. The number of benzene rings is 1. The molecule has 0 bridgehead atoms. The Kier molecular flexibility index (Phi) is 3.59. The predicted octanol–water partition coefficient (Wildman–Crippen LogP) is 2.70. The summed E-state index contributed by atoms with van der Waals surface area (Å²) in [6.45, 7) is 0. The van der Waals surface area contributed by atoms with Crippen molar-refractivity contribution in [3.05, 3.63) is 46.1 Å². The molecule has 0 aliphatic rings. The minimum atomic E-state index is 0.0796. The van der Waals surface area contributed by atoms with E-state index in [1.807, 2.05) is 6.07 Å². The molecule has 1 aromatic carbocycles. The molecule has 2 heterocycles. The van der Waals surface area contributed by atoms with Crippen molar-refractivity contribution >= 4 is 35.4 Å². The van der Waals surface area contributed by atoms with E-state index >= 15 is 0 Å². The molecule has 2 aromatic heterocycles. The van der Waals surface area contributed by atoms with Gasteiger partial charge in [-0.05, 0) is 34.7 Å². The molecule has 0 atom stereocenters. The van der Waals surface area contributed by atoms with E-state index in [1.54, 1.807) is 24.3 Å². The van der Waals surface area contributed by atoms with E-state index in [-0.39, 0.29) is 5.95 Å². The average molecular weight is 323 g/mol. The van der Waals surface area contributed by atoms with Crippen molar-refractivity contribution < 1.29 is 4.42 Å². The molecule has 2 N–H and O–H groups in total. The maximum atomic E-state index is 6.14. The van der Waals surface area contributed by atoms with Crippen molar-refractivity contribution in [3.63, 3.8) is 0 Å². The molecule has 7 nitrogen and oxygen atoms in total. The molecule has 0 spiro atoms. The molecule has 0 fully saturated rings. The van der Waals surface area contributed by atoms with Crippen molar-refractivity contribution in [3.8, 4) is 11.3 Å². The molecule has 3 rings (SSSR count). The highest BCUT2D eigenvalue weighted by Gasteiger charge is 2.10. The monoisotopic (exact) mass is 322 g/mol. The zero-order chi connectivity index (χ0) is 14.8. The SMILES string of the molecule is Nc1nnnn1/N=C/c1ccc(-c2cccc(Cl)c2Cl)o1. The van der Waals surface area contributed by atoms with E-state index in [0.717, 1.165) is 4.79 Å². The Morgan fingerprint density at radius 3 is 2.86 bits per heavy atom. The summed E-state index contributed by atoms with van der Waals surface area (Å²) in [6.07, 6.45) is 1.44. The van der Waals surface area contributed by atoms with Crippen LogP contribution < -0.4 is 5.73 Å². The molecule has 0 aliphatic carbocycles. The number of anilines is 1. The lowest BCUT2D eigenvalue weighted by Crippen LogP contribution is -1.99. The number of hydrogen-bond donors (Lipinski definition) is 1. The van der Waals surface area contributed by atoms with Crippen LogP contribution in [0.25, 0.3) is 11.3 Å². The number of nitrogen functional groups attached to an aromatic ring is 1. The van der Waals surface area contributed by atoms with Gasteiger partial charge in [-0.3, -0.25) is 0 Å². The first kappa shape index (κ1) is 13.6. The Hall–Kier alpha value is -2.38. The van der Waals surface area contributed by atoms with Gasteiger partial charge in [-0.15, -0.1) is 0 Å². The standard InChI is InChI=1S/C12H8Cl2N6O/c13-9-3-1-2-8(11(9)14)10-5-4-7(21-10)6-16-20-12(15)17-18-19-20/h1-6H,(H2,15,17,19)/b16-6+. The molecule has 0 saturated heterocycles. The van der Waals surface area contributed by atoms with Crippen LogP contribution in [-0.4, -0.2) is 26.5 Å². The van der Waals surface area contributed by atoms with Gasteiger partial charge in [0.05, 0.1) is 16.3 Å². The molecule has 0 radical (unpaired) electrons. The van der Waals surface area contributed by atoms with Gasteiger partial charge < -0.3 is 10.2 Å². The Balaban J connectivity index is 1.89. The first-order valence-electron chi connectivity index (χ1n) is 5.77. The summed E-state index contributed by atoms with van der Waals surface area (Å²) in [7, 11) is 0. The smallest absolute Gasteiger partial charge is 0.263 e. The van der Waals surface area contributed by atoms with E-state index in [4.69, 9.17) is 33.4 Å². The van der Waals surface area contributed by atoms with E-state index in [0.29, 0.717) is 27.1 Å². The maximum absolute atomic E-state index is 6.14. The van der Waals surface area contributed by atoms with Gasteiger partial charge in [-0.1, -0.05) is 39.2 Å². The van der Waals surface area contributed by atoms with Gasteiger partial charge >= 0.3 is 0 Å². The second-order valence-corrected chi connectivity index (χ2v) is 4.76. The number of nitrogens with zero attached hydrogens (tertiary/aromatic N) is 5. The lowest BCUT2D eigenvalue weighted by atomic mass is 10.2. The molecule has 3 aromatic rings. The lowest BCUT2D eigenvalue weighted by molar-refractivity contribution is 0.573. The van der Waals surface area contributed by atoms with Gasteiger partial charge in [0.1, 0.15) is 11.5 Å². The van der Waals surface area contributed by atoms with Crippen molar-refractivity contribution in [2.24, 2.45) is 5.10 Å². The molecular weight excluding hydrogens is 315 g/mol. The third-order valence-electron chi connectivity index (χ3n) is 2.61. The van der Waals surface area contributed by atoms with E-state index < -0.39 is 0 Å². The zero-order valence-corrected chi connectivity index (χ0v) is 12.0. The zero-order valence-electron chi connectivity index (χ0n) is 10.4. The summed E-state index contributed by atoms with van der Waals surface area (Å²) in [5, 5.41) is 15.3. The van der Waals surface area contributed by atoms with Gasteiger partial charge in [0.2, 0.25) is 0 Å². The van der Waals surface area contributed by atoms with Crippen LogP contribution in [0.15, 0.2) is 39.9 Å². The Morgan fingerprint density at radius 2 is 2.10 bits per heavy atom. The Bertz CT molecular complexity index is 810. The highest BCUT2D eigenvalue weighted by Crippen LogP contribution is 2.34. The number of hydrogen-bond acceptors (Lipinski definition) is 6. The number of rotatable bonds is 3. The van der Waals surface area contributed by atoms with Crippen molar-refractivity contribution in [1.82, 2.24) is 20.3 Å². The fraction of sp³-hybridized carbons (Fsp3) is 0. The van der Waals surface area contributed by atoms with Crippen molar-refractivity contribution in [1.29, 1.82) is 0 Å². The number of nitrogens with two attached hydrogens (primary N) is 1. The molecule has 0 aliphatic heterocycles. The third-order valence-corrected chi connectivity index (χ3v) is 3.43. The largest absolute Gasteiger partial charge is 0.455 e. The van der Waals surface area contributed by atoms with Gasteiger partial charge in [-0.25, -0.2) is 0 Å². The molecule has 0 unspecified atom stereocenters. The molecular formula is C12H8Cl2N6O. The quantitative estimate of drug-likeness (QED) is 0.748. The van der Waals surface area contributed by atoms with Gasteiger partial charge in [0.25, 0.3) is 5.95 Å². The first-order valence-corrected chi connectivity index (χ1v) is 6.53. The summed E-state index contributed by atoms with van der Waals surface area (Å²) in [4.78, 5) is 1.08. The fourth-order valence-corrected chi connectivity index (χ4v) is 2.04. The minimum absolute atomic E-state index is 0.0796. The predicted molar refractivity (Wildman–Crippen MR) is 79.4 cm³/mol. The van der Waals surface area contributed by atoms with Crippen LogP contribution in [0.2, 0.25) is 10.0 Å². The van der Waals surface area contributed by atoms with Crippen LogP contribution >= 0.6 is 23.2 Å². The summed E-state index contributed by atoms with van der Waals surface area (Å²) >= 11 is 12.1. The van der Waals surface area contributed by atoms with E-state index in [1.165, 1.54) is 6.21 Å². The molecule has 106 valence electrons. The molecule has 0 amide bonds. The summed E-state index contributed by atoms with van der Waals surface area (Å²) in [5.74, 6) is 1.15. The van der Waals surface area contributed by atoms with E-state index in [2.05, 4.69) is 20.6 Å². The fourth-order valence-electron chi connectivity index (χ4n) is 1.64. The van der Waals surface area contributed by atoms with Gasteiger partial charge in [0, 0.05) is 5.56 Å². The second-order valence-electron chi connectivity index (χ2n) is 3.97. The number of aromatic nitrogens is 4. The van der Waals surface area contributed by atoms with Crippen LogP contribution in [0.5, 0.6) is 0 Å². The number of halogens is 2. The topological polar surface area (TPSA) is 95.1 Å². The maximum Gasteiger partial charge on any atom is 0.263 e. The number of furan rings is 1. The molecule has 0 saturated carbocycles. The van der Waals surface area contributed by atoms with Crippen LogP contribution in [0.4, 0.5) is 5.95 Å². The van der Waals surface area contributed by atoms with Crippen molar-refractivity contribution in [2.45, 2.75) is 0 Å². The minimum Gasteiger partial charge on any atom is -0.455 e. The Morgan fingerprint density at radius 1 is 1.24 bits per heavy atom. The molecule has 21 heavy (non-hydrogen) atoms. The summed E-state index contributed by atoms with van der Waals surface area (Å²) in [5.41, 5.74) is 6.19. The molecule has 9 heteroatoms.